The van der Waals surface area contributed by atoms with Gasteiger partial charge in [-0.15, -0.1) is 24.0 Å². The Labute approximate surface area is 200 Å². The van der Waals surface area contributed by atoms with Crippen LogP contribution < -0.4 is 10.1 Å². The molecule has 1 saturated heterocycles. The predicted octanol–water partition coefficient (Wildman–Crippen LogP) is 3.56. The molecule has 1 aromatic heterocycles. The number of piperidine rings is 1. The van der Waals surface area contributed by atoms with Crippen LogP contribution >= 0.6 is 24.0 Å². The van der Waals surface area contributed by atoms with Crippen LogP contribution in [0, 0.1) is 0 Å². The number of guanidine groups is 1. The van der Waals surface area contributed by atoms with Crippen LogP contribution in [0.25, 0.3) is 0 Å². The number of aromatic nitrogens is 3. The van der Waals surface area contributed by atoms with Gasteiger partial charge in [-0.1, -0.05) is 42.5 Å². The van der Waals surface area contributed by atoms with Gasteiger partial charge in [0.25, 0.3) is 0 Å². The third-order valence-corrected chi connectivity index (χ3v) is 5.25. The van der Waals surface area contributed by atoms with E-state index < -0.39 is 0 Å². The molecule has 0 amide bonds. The van der Waals surface area contributed by atoms with Crippen LogP contribution in [0.3, 0.4) is 0 Å². The standard InChI is InChI=1S/C23H28N6O.HI/c1-24-23(28-12-10-22(11-13-28)30-21-8-3-2-4-9-21)26-15-19-6-5-7-20(14-19)16-29-18-25-17-27-29;/h2-9,14,17-18,22H,10-13,15-16H2,1H3,(H,24,26);1H. The molecule has 1 aliphatic heterocycles. The Balaban J connectivity index is 0.00000272. The lowest BCUT2D eigenvalue weighted by atomic mass is 10.1. The summed E-state index contributed by atoms with van der Waals surface area (Å²) in [6.45, 7) is 3.32. The molecule has 1 aliphatic rings. The Hall–Kier alpha value is -2.62. The van der Waals surface area contributed by atoms with E-state index in [1.807, 2.05) is 42.1 Å². The molecule has 0 spiro atoms. The van der Waals surface area contributed by atoms with E-state index >= 15 is 0 Å². The number of nitrogens with zero attached hydrogens (tertiary/aromatic N) is 5. The molecule has 3 aromatic rings. The minimum atomic E-state index is 0. The van der Waals surface area contributed by atoms with Gasteiger partial charge in [0, 0.05) is 39.5 Å². The average molecular weight is 532 g/mol. The second-order valence-electron chi connectivity index (χ2n) is 7.43. The van der Waals surface area contributed by atoms with Gasteiger partial charge in [-0.3, -0.25) is 4.99 Å². The van der Waals surface area contributed by atoms with Crippen molar-refractivity contribution in [3.63, 3.8) is 0 Å². The second kappa shape index (κ2) is 11.7. The van der Waals surface area contributed by atoms with E-state index in [9.17, 15) is 0 Å². The number of halogens is 1. The minimum absolute atomic E-state index is 0. The summed E-state index contributed by atoms with van der Waals surface area (Å²) in [5, 5.41) is 7.68. The number of ether oxygens (including phenoxy) is 1. The Morgan fingerprint density at radius 2 is 1.87 bits per heavy atom. The van der Waals surface area contributed by atoms with Crippen LogP contribution in [-0.2, 0) is 13.1 Å². The lowest BCUT2D eigenvalue weighted by molar-refractivity contribution is 0.129. The number of para-hydroxylation sites is 1. The van der Waals surface area contributed by atoms with Crippen molar-refractivity contribution in [2.24, 2.45) is 4.99 Å². The molecule has 31 heavy (non-hydrogen) atoms. The number of nitrogens with one attached hydrogen (secondary N) is 1. The molecule has 2 heterocycles. The largest absolute Gasteiger partial charge is 0.490 e. The molecule has 0 bridgehead atoms. The second-order valence-corrected chi connectivity index (χ2v) is 7.43. The number of likely N-dealkylation sites (tertiary alicyclic amines) is 1. The van der Waals surface area contributed by atoms with Crippen LogP contribution in [0.4, 0.5) is 0 Å². The van der Waals surface area contributed by atoms with Gasteiger partial charge in [-0.05, 0) is 23.3 Å². The molecule has 0 saturated carbocycles. The van der Waals surface area contributed by atoms with Gasteiger partial charge >= 0.3 is 0 Å². The van der Waals surface area contributed by atoms with Crippen molar-refractivity contribution in [3.8, 4) is 5.75 Å². The molecule has 2 aromatic carbocycles. The Morgan fingerprint density at radius 3 is 2.58 bits per heavy atom. The van der Waals surface area contributed by atoms with Gasteiger partial charge in [-0.2, -0.15) is 5.10 Å². The Morgan fingerprint density at radius 1 is 1.10 bits per heavy atom. The molecule has 0 unspecified atom stereocenters. The minimum Gasteiger partial charge on any atom is -0.490 e. The van der Waals surface area contributed by atoms with E-state index in [4.69, 9.17) is 4.74 Å². The zero-order valence-electron chi connectivity index (χ0n) is 17.7. The van der Waals surface area contributed by atoms with E-state index in [1.165, 1.54) is 11.1 Å². The van der Waals surface area contributed by atoms with Crippen molar-refractivity contribution < 1.29 is 4.74 Å². The summed E-state index contributed by atoms with van der Waals surface area (Å²) < 4.78 is 7.93. The molecule has 0 atom stereocenters. The average Bonchev–Trinajstić information content (AvgIpc) is 3.29. The third kappa shape index (κ3) is 6.68. The number of aliphatic imine (C=N–C) groups is 1. The first kappa shape index (κ1) is 23.1. The number of hydrogen-bond acceptors (Lipinski definition) is 4. The quantitative estimate of drug-likeness (QED) is 0.299. The zero-order valence-corrected chi connectivity index (χ0v) is 20.1. The van der Waals surface area contributed by atoms with E-state index in [2.05, 4.69) is 49.6 Å². The van der Waals surface area contributed by atoms with Crippen LogP contribution in [0.15, 0.2) is 72.2 Å². The van der Waals surface area contributed by atoms with Gasteiger partial charge in [0.15, 0.2) is 5.96 Å². The Bertz CT molecular complexity index is 940. The summed E-state index contributed by atoms with van der Waals surface area (Å²) in [6, 6.07) is 18.6. The first-order valence-electron chi connectivity index (χ1n) is 10.4. The maximum absolute atomic E-state index is 6.10. The van der Waals surface area contributed by atoms with Gasteiger partial charge in [-0.25, -0.2) is 9.67 Å². The highest BCUT2D eigenvalue weighted by Gasteiger charge is 2.22. The van der Waals surface area contributed by atoms with Crippen LogP contribution in [-0.4, -0.2) is 51.9 Å². The number of benzene rings is 2. The fourth-order valence-electron chi connectivity index (χ4n) is 3.73. The molecule has 0 radical (unpaired) electrons. The van der Waals surface area contributed by atoms with Crippen molar-refractivity contribution >= 4 is 29.9 Å². The summed E-state index contributed by atoms with van der Waals surface area (Å²) in [5.74, 6) is 1.89. The smallest absolute Gasteiger partial charge is 0.193 e. The van der Waals surface area contributed by atoms with E-state index in [0.717, 1.165) is 50.7 Å². The van der Waals surface area contributed by atoms with Crippen molar-refractivity contribution in [2.75, 3.05) is 20.1 Å². The van der Waals surface area contributed by atoms with Crippen LogP contribution in [0.2, 0.25) is 0 Å². The maximum atomic E-state index is 6.10. The Kier molecular flexibility index (Phi) is 8.69. The zero-order chi connectivity index (χ0) is 20.6. The molecule has 4 rings (SSSR count). The van der Waals surface area contributed by atoms with Gasteiger partial charge in [0.05, 0.1) is 6.54 Å². The molecule has 1 fully saturated rings. The van der Waals surface area contributed by atoms with Crippen molar-refractivity contribution in [1.82, 2.24) is 25.0 Å². The van der Waals surface area contributed by atoms with Gasteiger partial charge < -0.3 is 15.0 Å². The highest BCUT2D eigenvalue weighted by atomic mass is 127. The van der Waals surface area contributed by atoms with Gasteiger partial charge in [0.2, 0.25) is 0 Å². The van der Waals surface area contributed by atoms with Gasteiger partial charge in [0.1, 0.15) is 24.5 Å². The molecular formula is C23H29IN6O. The lowest BCUT2D eigenvalue weighted by Crippen LogP contribution is -2.47. The number of rotatable bonds is 6. The highest BCUT2D eigenvalue weighted by molar-refractivity contribution is 14.0. The summed E-state index contributed by atoms with van der Waals surface area (Å²) in [4.78, 5) is 10.8. The normalized spacial score (nSPS) is 14.7. The fraction of sp³-hybridized carbons (Fsp3) is 0.348. The lowest BCUT2D eigenvalue weighted by Gasteiger charge is -2.34. The molecule has 1 N–H and O–H groups in total. The number of hydrogen-bond donors (Lipinski definition) is 1. The molecule has 0 aliphatic carbocycles. The maximum Gasteiger partial charge on any atom is 0.193 e. The van der Waals surface area contributed by atoms with Crippen molar-refractivity contribution in [2.45, 2.75) is 32.0 Å². The van der Waals surface area contributed by atoms with E-state index in [1.54, 1.807) is 12.7 Å². The molecule has 7 nitrogen and oxygen atoms in total. The SMILES string of the molecule is CN=C(NCc1cccc(Cn2cncn2)c1)N1CCC(Oc2ccccc2)CC1.I. The molecule has 164 valence electrons. The van der Waals surface area contributed by atoms with E-state index in [-0.39, 0.29) is 30.1 Å². The highest BCUT2D eigenvalue weighted by Crippen LogP contribution is 2.18. The first-order valence-corrected chi connectivity index (χ1v) is 10.4. The van der Waals surface area contributed by atoms with Crippen LogP contribution in [0.5, 0.6) is 5.75 Å². The fourth-order valence-corrected chi connectivity index (χ4v) is 3.73. The molecule has 8 heteroatoms. The van der Waals surface area contributed by atoms with Crippen LogP contribution in [0.1, 0.15) is 24.0 Å². The molecular weight excluding hydrogens is 503 g/mol. The summed E-state index contributed by atoms with van der Waals surface area (Å²) >= 11 is 0. The third-order valence-electron chi connectivity index (χ3n) is 5.25. The summed E-state index contributed by atoms with van der Waals surface area (Å²) in [6.07, 6.45) is 5.53. The van der Waals surface area contributed by atoms with Crippen molar-refractivity contribution in [1.29, 1.82) is 0 Å². The van der Waals surface area contributed by atoms with Crippen molar-refractivity contribution in [3.05, 3.63) is 78.4 Å². The monoisotopic (exact) mass is 532 g/mol. The summed E-state index contributed by atoms with van der Waals surface area (Å²) in [7, 11) is 1.84. The summed E-state index contributed by atoms with van der Waals surface area (Å²) in [5.41, 5.74) is 2.42. The predicted molar refractivity (Wildman–Crippen MR) is 133 cm³/mol. The van der Waals surface area contributed by atoms with E-state index in [0.29, 0.717) is 0 Å². The topological polar surface area (TPSA) is 67.6 Å². The first-order chi connectivity index (χ1) is 14.8.